The smallest absolute Gasteiger partial charge is 0.277 e. The SMILES string of the molecule is CC(C)C(CC(=O)NCC(F)(F)CN)c1ccccc1. The molecule has 0 heterocycles. The maximum atomic E-state index is 13.0. The molecule has 0 bridgehead atoms. The van der Waals surface area contributed by atoms with Crippen LogP contribution in [0, 0.1) is 5.92 Å². The molecule has 0 spiro atoms. The van der Waals surface area contributed by atoms with Crippen LogP contribution >= 0.6 is 0 Å². The first kappa shape index (κ1) is 16.6. The Kier molecular flexibility index (Phi) is 6.07. The third-order valence-electron chi connectivity index (χ3n) is 3.28. The summed E-state index contributed by atoms with van der Waals surface area (Å²) in [7, 11) is 0. The maximum Gasteiger partial charge on any atom is 0.277 e. The first-order valence-electron chi connectivity index (χ1n) is 6.75. The summed E-state index contributed by atoms with van der Waals surface area (Å²) in [5.41, 5.74) is 5.98. The van der Waals surface area contributed by atoms with Crippen LogP contribution in [0.4, 0.5) is 8.78 Å². The standard InChI is InChI=1S/C15H22F2N2O/c1-11(2)13(12-6-4-3-5-7-12)8-14(20)19-10-15(16,17)9-18/h3-7,11,13H,8-10,18H2,1-2H3,(H,19,20). The van der Waals surface area contributed by atoms with E-state index in [9.17, 15) is 13.6 Å². The molecule has 0 radical (unpaired) electrons. The van der Waals surface area contributed by atoms with E-state index in [0.717, 1.165) is 5.56 Å². The molecule has 0 aromatic heterocycles. The van der Waals surface area contributed by atoms with Gasteiger partial charge < -0.3 is 11.1 Å². The van der Waals surface area contributed by atoms with Gasteiger partial charge in [-0.25, -0.2) is 8.78 Å². The fourth-order valence-corrected chi connectivity index (χ4v) is 2.01. The van der Waals surface area contributed by atoms with E-state index in [1.54, 1.807) is 0 Å². The summed E-state index contributed by atoms with van der Waals surface area (Å²) in [5.74, 6) is -3.16. The number of carbonyl (C=O) groups excluding carboxylic acids is 1. The first-order valence-corrected chi connectivity index (χ1v) is 6.75. The van der Waals surface area contributed by atoms with Crippen molar-refractivity contribution in [3.05, 3.63) is 35.9 Å². The Morgan fingerprint density at radius 3 is 2.40 bits per heavy atom. The summed E-state index contributed by atoms with van der Waals surface area (Å²) in [5, 5.41) is 2.26. The monoisotopic (exact) mass is 284 g/mol. The van der Waals surface area contributed by atoms with Crippen LogP contribution in [0.1, 0.15) is 31.7 Å². The fraction of sp³-hybridized carbons (Fsp3) is 0.533. The van der Waals surface area contributed by atoms with Gasteiger partial charge in [-0.3, -0.25) is 4.79 Å². The van der Waals surface area contributed by atoms with E-state index in [1.165, 1.54) is 0 Å². The number of benzene rings is 1. The summed E-state index contributed by atoms with van der Waals surface area (Å²) in [4.78, 5) is 11.8. The van der Waals surface area contributed by atoms with Gasteiger partial charge in [-0.05, 0) is 17.4 Å². The van der Waals surface area contributed by atoms with Crippen LogP contribution in [0.5, 0.6) is 0 Å². The Hall–Kier alpha value is -1.49. The Morgan fingerprint density at radius 2 is 1.90 bits per heavy atom. The second-order valence-corrected chi connectivity index (χ2v) is 5.30. The summed E-state index contributed by atoms with van der Waals surface area (Å²) in [6.07, 6.45) is 0.197. The van der Waals surface area contributed by atoms with E-state index in [1.807, 2.05) is 44.2 Å². The molecular formula is C15H22F2N2O. The zero-order valence-electron chi connectivity index (χ0n) is 11.9. The van der Waals surface area contributed by atoms with Crippen molar-refractivity contribution in [2.75, 3.05) is 13.1 Å². The van der Waals surface area contributed by atoms with Crippen LogP contribution in [0.3, 0.4) is 0 Å². The molecule has 3 N–H and O–H groups in total. The maximum absolute atomic E-state index is 13.0. The Bertz CT molecular complexity index is 421. The molecule has 0 saturated heterocycles. The molecule has 5 heteroatoms. The number of rotatable bonds is 7. The van der Waals surface area contributed by atoms with Crippen LogP contribution in [0.2, 0.25) is 0 Å². The quantitative estimate of drug-likeness (QED) is 0.808. The molecule has 112 valence electrons. The number of nitrogens with one attached hydrogen (secondary N) is 1. The lowest BCUT2D eigenvalue weighted by Crippen LogP contribution is -2.42. The number of hydrogen-bond donors (Lipinski definition) is 2. The second kappa shape index (κ2) is 7.33. The zero-order chi connectivity index (χ0) is 15.2. The van der Waals surface area contributed by atoms with Gasteiger partial charge in [-0.15, -0.1) is 0 Å². The van der Waals surface area contributed by atoms with E-state index in [0.29, 0.717) is 0 Å². The molecule has 0 aliphatic rings. The van der Waals surface area contributed by atoms with E-state index in [-0.39, 0.29) is 24.2 Å². The number of carbonyl (C=O) groups is 1. The van der Waals surface area contributed by atoms with Crippen molar-refractivity contribution < 1.29 is 13.6 Å². The predicted octanol–water partition coefficient (Wildman–Crippen LogP) is 2.53. The summed E-state index contributed by atoms with van der Waals surface area (Å²) in [6.45, 7) is 2.56. The van der Waals surface area contributed by atoms with Crippen molar-refractivity contribution in [3.63, 3.8) is 0 Å². The Balaban J connectivity index is 2.61. The van der Waals surface area contributed by atoms with Crippen molar-refractivity contribution in [2.45, 2.75) is 32.1 Å². The van der Waals surface area contributed by atoms with Gasteiger partial charge in [0, 0.05) is 6.42 Å². The normalized spacial score (nSPS) is 13.3. The topological polar surface area (TPSA) is 55.1 Å². The van der Waals surface area contributed by atoms with Gasteiger partial charge in [0.2, 0.25) is 5.91 Å². The number of amides is 1. The lowest BCUT2D eigenvalue weighted by molar-refractivity contribution is -0.123. The predicted molar refractivity (Wildman–Crippen MR) is 75.6 cm³/mol. The average Bonchev–Trinajstić information content (AvgIpc) is 2.43. The van der Waals surface area contributed by atoms with Crippen LogP contribution in [-0.2, 0) is 4.79 Å². The molecule has 1 aromatic rings. The summed E-state index contributed by atoms with van der Waals surface area (Å²) < 4.78 is 26.0. The van der Waals surface area contributed by atoms with Gasteiger partial charge in [0.1, 0.15) is 0 Å². The van der Waals surface area contributed by atoms with Crippen LogP contribution in [0.25, 0.3) is 0 Å². The fourth-order valence-electron chi connectivity index (χ4n) is 2.01. The van der Waals surface area contributed by atoms with E-state index < -0.39 is 19.0 Å². The number of hydrogen-bond acceptors (Lipinski definition) is 2. The molecule has 0 aliphatic heterocycles. The van der Waals surface area contributed by atoms with Crippen molar-refractivity contribution in [1.82, 2.24) is 5.32 Å². The molecule has 0 saturated carbocycles. The summed E-state index contributed by atoms with van der Waals surface area (Å²) in [6, 6.07) is 9.62. The number of alkyl halides is 2. The minimum absolute atomic E-state index is 0.0164. The van der Waals surface area contributed by atoms with Crippen LogP contribution in [-0.4, -0.2) is 24.9 Å². The molecular weight excluding hydrogens is 262 g/mol. The highest BCUT2D eigenvalue weighted by molar-refractivity contribution is 5.77. The average molecular weight is 284 g/mol. The van der Waals surface area contributed by atoms with Gasteiger partial charge in [-0.2, -0.15) is 0 Å². The molecule has 20 heavy (non-hydrogen) atoms. The molecule has 1 unspecified atom stereocenters. The second-order valence-electron chi connectivity index (χ2n) is 5.30. The number of halogens is 2. The Labute approximate surface area is 118 Å². The zero-order valence-corrected chi connectivity index (χ0v) is 11.9. The van der Waals surface area contributed by atoms with E-state index in [4.69, 9.17) is 5.73 Å². The Morgan fingerprint density at radius 1 is 1.30 bits per heavy atom. The highest BCUT2D eigenvalue weighted by atomic mass is 19.3. The van der Waals surface area contributed by atoms with Crippen molar-refractivity contribution in [3.8, 4) is 0 Å². The molecule has 3 nitrogen and oxygen atoms in total. The van der Waals surface area contributed by atoms with Gasteiger partial charge in [-0.1, -0.05) is 44.2 Å². The molecule has 1 atom stereocenters. The lowest BCUT2D eigenvalue weighted by Gasteiger charge is -2.22. The van der Waals surface area contributed by atoms with Gasteiger partial charge in [0.05, 0.1) is 13.1 Å². The highest BCUT2D eigenvalue weighted by Crippen LogP contribution is 2.27. The molecule has 0 aliphatic carbocycles. The van der Waals surface area contributed by atoms with Crippen LogP contribution in [0.15, 0.2) is 30.3 Å². The minimum atomic E-state index is -3.05. The molecule has 1 aromatic carbocycles. The van der Waals surface area contributed by atoms with Crippen molar-refractivity contribution >= 4 is 5.91 Å². The molecule has 0 fully saturated rings. The van der Waals surface area contributed by atoms with Crippen molar-refractivity contribution in [1.29, 1.82) is 0 Å². The molecule has 1 amide bonds. The van der Waals surface area contributed by atoms with Crippen LogP contribution < -0.4 is 11.1 Å². The van der Waals surface area contributed by atoms with Gasteiger partial charge >= 0.3 is 0 Å². The number of nitrogens with two attached hydrogens (primary N) is 1. The largest absolute Gasteiger partial charge is 0.350 e. The highest BCUT2D eigenvalue weighted by Gasteiger charge is 2.28. The lowest BCUT2D eigenvalue weighted by atomic mass is 9.85. The van der Waals surface area contributed by atoms with E-state index >= 15 is 0 Å². The third kappa shape index (κ3) is 5.25. The van der Waals surface area contributed by atoms with Gasteiger partial charge in [0.25, 0.3) is 5.92 Å². The third-order valence-corrected chi connectivity index (χ3v) is 3.28. The minimum Gasteiger partial charge on any atom is -0.350 e. The first-order chi connectivity index (χ1) is 9.35. The van der Waals surface area contributed by atoms with E-state index in [2.05, 4.69) is 5.32 Å². The summed E-state index contributed by atoms with van der Waals surface area (Å²) >= 11 is 0. The molecule has 1 rings (SSSR count). The van der Waals surface area contributed by atoms with Gasteiger partial charge in [0.15, 0.2) is 0 Å². The van der Waals surface area contributed by atoms with Crippen molar-refractivity contribution in [2.24, 2.45) is 11.7 Å².